The van der Waals surface area contributed by atoms with Crippen LogP contribution in [0.15, 0.2) is 34.9 Å². The first-order valence-corrected chi connectivity index (χ1v) is 6.53. The molecule has 2 rings (SSSR count). The van der Waals surface area contributed by atoms with Crippen LogP contribution >= 0.6 is 27.5 Å². The second-order valence-electron chi connectivity index (χ2n) is 3.90. The van der Waals surface area contributed by atoms with Crippen LogP contribution in [0.25, 0.3) is 0 Å². The lowest BCUT2D eigenvalue weighted by molar-refractivity contribution is 0.102. The van der Waals surface area contributed by atoms with Crippen LogP contribution in [-0.4, -0.2) is 10.9 Å². The van der Waals surface area contributed by atoms with Gasteiger partial charge in [-0.15, -0.1) is 0 Å². The van der Waals surface area contributed by atoms with Gasteiger partial charge in [-0.25, -0.2) is 9.37 Å². The van der Waals surface area contributed by atoms with Gasteiger partial charge >= 0.3 is 0 Å². The molecular formula is C13H9BrClFN2O. The molecule has 3 nitrogen and oxygen atoms in total. The lowest BCUT2D eigenvalue weighted by atomic mass is 10.2. The summed E-state index contributed by atoms with van der Waals surface area (Å²) >= 11 is 8.95. The Bertz CT molecular complexity index is 649. The van der Waals surface area contributed by atoms with Gasteiger partial charge in [0.1, 0.15) is 11.0 Å². The van der Waals surface area contributed by atoms with E-state index in [1.165, 1.54) is 18.3 Å². The highest BCUT2D eigenvalue weighted by Crippen LogP contribution is 2.21. The number of amides is 1. The van der Waals surface area contributed by atoms with E-state index in [2.05, 4.69) is 26.2 Å². The van der Waals surface area contributed by atoms with Gasteiger partial charge in [-0.1, -0.05) is 11.6 Å². The Hall–Kier alpha value is -1.46. The summed E-state index contributed by atoms with van der Waals surface area (Å²) in [6.45, 7) is 1.80. The van der Waals surface area contributed by atoms with Crippen LogP contribution < -0.4 is 5.32 Å². The summed E-state index contributed by atoms with van der Waals surface area (Å²) in [6, 6.07) is 5.56. The summed E-state index contributed by atoms with van der Waals surface area (Å²) in [6.07, 6.45) is 1.46. The number of benzene rings is 1. The molecule has 19 heavy (non-hydrogen) atoms. The zero-order valence-electron chi connectivity index (χ0n) is 9.88. The predicted octanol–water partition coefficient (Wildman–Crippen LogP) is 4.20. The Morgan fingerprint density at radius 2 is 2.16 bits per heavy atom. The van der Waals surface area contributed by atoms with Crippen LogP contribution in [0.1, 0.15) is 15.9 Å². The lowest BCUT2D eigenvalue weighted by Gasteiger charge is -2.09. The summed E-state index contributed by atoms with van der Waals surface area (Å²) < 4.78 is 13.7. The molecule has 0 atom stereocenters. The Balaban J connectivity index is 2.28. The van der Waals surface area contributed by atoms with Crippen molar-refractivity contribution in [2.24, 2.45) is 0 Å². The number of hydrogen-bond acceptors (Lipinski definition) is 2. The summed E-state index contributed by atoms with van der Waals surface area (Å²) in [5.74, 6) is -0.891. The van der Waals surface area contributed by atoms with Crippen molar-refractivity contribution in [3.63, 3.8) is 0 Å². The van der Waals surface area contributed by atoms with Gasteiger partial charge < -0.3 is 5.32 Å². The van der Waals surface area contributed by atoms with Gasteiger partial charge in [0, 0.05) is 4.47 Å². The predicted molar refractivity (Wildman–Crippen MR) is 76.0 cm³/mol. The average Bonchev–Trinajstić information content (AvgIpc) is 2.35. The smallest absolute Gasteiger partial charge is 0.256 e. The molecule has 98 valence electrons. The number of aromatic nitrogens is 1. The van der Waals surface area contributed by atoms with Crippen molar-refractivity contribution in [3.8, 4) is 0 Å². The zero-order valence-corrected chi connectivity index (χ0v) is 12.2. The highest BCUT2D eigenvalue weighted by molar-refractivity contribution is 9.10. The van der Waals surface area contributed by atoms with Gasteiger partial charge in [0.15, 0.2) is 0 Å². The summed E-state index contributed by atoms with van der Waals surface area (Å²) in [5, 5.41) is 3.01. The number of nitrogens with one attached hydrogen (secondary N) is 1. The van der Waals surface area contributed by atoms with Gasteiger partial charge in [0.2, 0.25) is 0 Å². The fourth-order valence-corrected chi connectivity index (χ4v) is 2.15. The second-order valence-corrected chi connectivity index (χ2v) is 5.14. The summed E-state index contributed by atoms with van der Waals surface area (Å²) in [5.41, 5.74) is 1.53. The van der Waals surface area contributed by atoms with E-state index >= 15 is 0 Å². The minimum Gasteiger partial charge on any atom is -0.320 e. The van der Waals surface area contributed by atoms with Gasteiger partial charge in [0.25, 0.3) is 5.91 Å². The normalized spacial score (nSPS) is 10.3. The highest BCUT2D eigenvalue weighted by Gasteiger charge is 2.12. The molecule has 0 fully saturated rings. The number of nitrogens with zero attached hydrogens (tertiary/aromatic N) is 1. The molecule has 1 amide bonds. The van der Waals surface area contributed by atoms with Crippen molar-refractivity contribution >= 4 is 39.1 Å². The average molecular weight is 344 g/mol. The maximum Gasteiger partial charge on any atom is 0.256 e. The van der Waals surface area contributed by atoms with E-state index in [4.69, 9.17) is 11.6 Å². The fraction of sp³-hybridized carbons (Fsp3) is 0.0769. The molecule has 1 aromatic heterocycles. The lowest BCUT2D eigenvalue weighted by Crippen LogP contribution is -2.14. The van der Waals surface area contributed by atoms with Crippen LogP contribution in [0.3, 0.4) is 0 Å². The third-order valence-corrected chi connectivity index (χ3v) is 3.40. The first kappa shape index (κ1) is 14.0. The summed E-state index contributed by atoms with van der Waals surface area (Å²) in [7, 11) is 0. The monoisotopic (exact) mass is 342 g/mol. The molecule has 1 N–H and O–H groups in total. The molecule has 0 aliphatic carbocycles. The Kier molecular flexibility index (Phi) is 4.17. The summed E-state index contributed by atoms with van der Waals surface area (Å²) in [4.78, 5) is 15.9. The van der Waals surface area contributed by atoms with Crippen molar-refractivity contribution < 1.29 is 9.18 Å². The van der Waals surface area contributed by atoms with Crippen LogP contribution in [0.4, 0.5) is 10.1 Å². The number of aryl methyl sites for hydroxylation is 1. The van der Waals surface area contributed by atoms with Crippen LogP contribution in [0, 0.1) is 12.7 Å². The minimum atomic E-state index is -0.473. The third kappa shape index (κ3) is 3.30. The molecule has 1 heterocycles. The molecule has 0 bridgehead atoms. The van der Waals surface area contributed by atoms with E-state index in [0.717, 1.165) is 11.6 Å². The number of rotatable bonds is 2. The van der Waals surface area contributed by atoms with Crippen LogP contribution in [0.2, 0.25) is 5.15 Å². The third-order valence-electron chi connectivity index (χ3n) is 2.50. The van der Waals surface area contributed by atoms with E-state index in [0.29, 0.717) is 15.3 Å². The van der Waals surface area contributed by atoms with Crippen molar-refractivity contribution in [1.82, 2.24) is 4.98 Å². The molecule has 1 aromatic carbocycles. The molecule has 6 heteroatoms. The van der Waals surface area contributed by atoms with Crippen LogP contribution in [-0.2, 0) is 0 Å². The van der Waals surface area contributed by atoms with Crippen molar-refractivity contribution in [3.05, 3.63) is 57.0 Å². The number of carbonyl (C=O) groups excluding carboxylic acids is 1. The molecule has 0 saturated carbocycles. The molecule has 0 radical (unpaired) electrons. The molecule has 0 unspecified atom stereocenters. The molecule has 0 spiro atoms. The number of pyridine rings is 1. The van der Waals surface area contributed by atoms with E-state index in [1.807, 2.05) is 0 Å². The van der Waals surface area contributed by atoms with E-state index in [1.54, 1.807) is 13.0 Å². The minimum absolute atomic E-state index is 0.217. The number of hydrogen-bond donors (Lipinski definition) is 1. The van der Waals surface area contributed by atoms with Gasteiger partial charge in [-0.2, -0.15) is 0 Å². The Labute approximate surface area is 122 Å². The van der Waals surface area contributed by atoms with E-state index < -0.39 is 11.7 Å². The molecule has 2 aromatic rings. The van der Waals surface area contributed by atoms with E-state index in [-0.39, 0.29) is 5.56 Å². The van der Waals surface area contributed by atoms with Crippen molar-refractivity contribution in [2.75, 3.05) is 5.32 Å². The Morgan fingerprint density at radius 1 is 1.42 bits per heavy atom. The first-order valence-electron chi connectivity index (χ1n) is 5.36. The SMILES string of the molecule is Cc1cc(Cl)ncc1NC(=O)c1cc(F)ccc1Br. The van der Waals surface area contributed by atoms with Crippen molar-refractivity contribution in [1.29, 1.82) is 0 Å². The Morgan fingerprint density at radius 3 is 2.84 bits per heavy atom. The number of halogens is 3. The fourth-order valence-electron chi connectivity index (χ4n) is 1.51. The van der Waals surface area contributed by atoms with Gasteiger partial charge in [0.05, 0.1) is 17.4 Å². The van der Waals surface area contributed by atoms with Crippen LogP contribution in [0.5, 0.6) is 0 Å². The topological polar surface area (TPSA) is 42.0 Å². The van der Waals surface area contributed by atoms with E-state index in [9.17, 15) is 9.18 Å². The molecular weight excluding hydrogens is 335 g/mol. The molecule has 0 aliphatic heterocycles. The van der Waals surface area contributed by atoms with Gasteiger partial charge in [-0.3, -0.25) is 4.79 Å². The standard InChI is InChI=1S/C13H9BrClFN2O/c1-7-4-12(15)17-6-11(7)18-13(19)9-5-8(16)2-3-10(9)14/h2-6H,1H3,(H,18,19). The van der Waals surface area contributed by atoms with Gasteiger partial charge in [-0.05, 0) is 52.7 Å². The first-order chi connectivity index (χ1) is 8.97. The number of carbonyl (C=O) groups is 1. The maximum atomic E-state index is 13.1. The second kappa shape index (κ2) is 5.67. The molecule has 0 aliphatic rings. The molecule has 0 saturated heterocycles. The zero-order chi connectivity index (χ0) is 14.0. The maximum absolute atomic E-state index is 13.1. The highest BCUT2D eigenvalue weighted by atomic mass is 79.9. The largest absolute Gasteiger partial charge is 0.320 e. The quantitative estimate of drug-likeness (QED) is 0.831. The van der Waals surface area contributed by atoms with Crippen molar-refractivity contribution in [2.45, 2.75) is 6.92 Å². The number of anilines is 1.